The monoisotopic (exact) mass is 341 g/mol. The van der Waals surface area contributed by atoms with Crippen LogP contribution in [0.25, 0.3) is 20.4 Å². The summed E-state index contributed by atoms with van der Waals surface area (Å²) in [4.78, 5) is 9.37. The van der Waals surface area contributed by atoms with Gasteiger partial charge in [0.2, 0.25) is 0 Å². The summed E-state index contributed by atoms with van der Waals surface area (Å²) in [7, 11) is 0. The van der Waals surface area contributed by atoms with E-state index in [4.69, 9.17) is 9.72 Å². The minimum absolute atomic E-state index is 0.636. The van der Waals surface area contributed by atoms with Crippen molar-refractivity contribution in [1.82, 2.24) is 9.97 Å². The Labute approximate surface area is 141 Å². The van der Waals surface area contributed by atoms with Crippen LogP contribution >= 0.6 is 22.7 Å². The molecule has 0 aliphatic carbocycles. The third-order valence-electron chi connectivity index (χ3n) is 3.45. The number of aromatic nitrogens is 2. The van der Waals surface area contributed by atoms with Gasteiger partial charge in [-0.05, 0) is 38.1 Å². The number of hydrogen-bond donors (Lipinski definition) is 1. The van der Waals surface area contributed by atoms with E-state index >= 15 is 0 Å². The number of anilines is 2. The second-order valence-electron chi connectivity index (χ2n) is 5.07. The molecule has 4 rings (SSSR count). The first-order valence-electron chi connectivity index (χ1n) is 7.40. The first-order valence-corrected chi connectivity index (χ1v) is 9.03. The zero-order valence-electron chi connectivity index (χ0n) is 12.8. The highest BCUT2D eigenvalue weighted by molar-refractivity contribution is 7.23. The van der Waals surface area contributed by atoms with Gasteiger partial charge < -0.3 is 10.1 Å². The summed E-state index contributed by atoms with van der Waals surface area (Å²) in [6.07, 6.45) is 0. The molecule has 2 aromatic heterocycles. The molecule has 1 N–H and O–H groups in total. The molecule has 23 heavy (non-hydrogen) atoms. The van der Waals surface area contributed by atoms with E-state index in [1.807, 2.05) is 38.1 Å². The highest BCUT2D eigenvalue weighted by Gasteiger charge is 2.12. The molecule has 0 bridgehead atoms. The van der Waals surface area contributed by atoms with Gasteiger partial charge in [0, 0.05) is 0 Å². The van der Waals surface area contributed by atoms with Crippen LogP contribution in [0.1, 0.15) is 11.9 Å². The van der Waals surface area contributed by atoms with Gasteiger partial charge in [0.05, 0.1) is 26.7 Å². The van der Waals surface area contributed by atoms with E-state index in [1.54, 1.807) is 22.7 Å². The second kappa shape index (κ2) is 5.79. The molecule has 0 aliphatic heterocycles. The van der Waals surface area contributed by atoms with Crippen LogP contribution in [0.4, 0.5) is 10.8 Å². The van der Waals surface area contributed by atoms with Gasteiger partial charge in [-0.1, -0.05) is 23.5 Å². The van der Waals surface area contributed by atoms with Crippen LogP contribution in [0.2, 0.25) is 0 Å². The fourth-order valence-electron chi connectivity index (χ4n) is 2.51. The van der Waals surface area contributed by atoms with Gasteiger partial charge in [0.1, 0.15) is 16.8 Å². The van der Waals surface area contributed by atoms with Crippen LogP contribution in [-0.4, -0.2) is 16.6 Å². The summed E-state index contributed by atoms with van der Waals surface area (Å²) >= 11 is 3.33. The lowest BCUT2D eigenvalue weighted by molar-refractivity contribution is 0.342. The fourth-order valence-corrected chi connectivity index (χ4v) is 4.22. The number of rotatable bonds is 4. The molecule has 0 unspecified atom stereocenters. The molecule has 0 atom stereocenters. The minimum atomic E-state index is 0.636. The largest absolute Gasteiger partial charge is 0.492 e. The number of fused-ring (bicyclic) bond motifs is 3. The normalized spacial score (nSPS) is 11.2. The third kappa shape index (κ3) is 2.64. The molecule has 0 aliphatic rings. The third-order valence-corrected chi connectivity index (χ3v) is 5.32. The van der Waals surface area contributed by atoms with Crippen LogP contribution in [0.5, 0.6) is 5.75 Å². The predicted octanol–water partition coefficient (Wildman–Crippen LogP) is 5.36. The summed E-state index contributed by atoms with van der Waals surface area (Å²) in [5, 5.41) is 5.29. The Morgan fingerprint density at radius 2 is 1.74 bits per heavy atom. The molecule has 0 amide bonds. The Morgan fingerprint density at radius 1 is 1.00 bits per heavy atom. The first-order chi connectivity index (χ1) is 11.2. The van der Waals surface area contributed by atoms with Crippen molar-refractivity contribution in [2.24, 2.45) is 0 Å². The minimum Gasteiger partial charge on any atom is -0.492 e. The van der Waals surface area contributed by atoms with Gasteiger partial charge >= 0.3 is 0 Å². The number of hydrogen-bond acceptors (Lipinski definition) is 6. The van der Waals surface area contributed by atoms with E-state index in [1.165, 1.54) is 4.70 Å². The lowest BCUT2D eigenvalue weighted by Crippen LogP contribution is -1.97. The van der Waals surface area contributed by atoms with Crippen molar-refractivity contribution in [3.05, 3.63) is 41.4 Å². The predicted molar refractivity (Wildman–Crippen MR) is 98.4 cm³/mol. The number of aryl methyl sites for hydroxylation is 1. The van der Waals surface area contributed by atoms with Crippen molar-refractivity contribution in [1.29, 1.82) is 0 Å². The molecule has 2 aromatic carbocycles. The van der Waals surface area contributed by atoms with Crippen LogP contribution in [0.15, 0.2) is 36.4 Å². The van der Waals surface area contributed by atoms with E-state index in [0.29, 0.717) is 6.61 Å². The molecule has 0 spiro atoms. The summed E-state index contributed by atoms with van der Waals surface area (Å²) in [6, 6.07) is 12.2. The summed E-state index contributed by atoms with van der Waals surface area (Å²) in [5.74, 6) is 0.837. The maximum Gasteiger partial charge on any atom is 0.188 e. The Kier molecular flexibility index (Phi) is 3.63. The van der Waals surface area contributed by atoms with Gasteiger partial charge in [-0.2, -0.15) is 0 Å². The van der Waals surface area contributed by atoms with Gasteiger partial charge in [-0.3, -0.25) is 0 Å². The molecule has 4 aromatic rings. The Morgan fingerprint density at radius 3 is 2.57 bits per heavy atom. The molecule has 2 heterocycles. The number of nitrogens with one attached hydrogen (secondary N) is 1. The standard InChI is InChI=1S/C17H15N3OS2/c1-3-21-12-7-5-4-6-11(12)19-17-20-16-14(23-17)9-8-13-15(16)18-10(2)22-13/h4-9H,3H2,1-2H3,(H,19,20). The van der Waals surface area contributed by atoms with Gasteiger partial charge in [0.15, 0.2) is 5.13 Å². The summed E-state index contributed by atoms with van der Waals surface area (Å²) in [5.41, 5.74) is 2.89. The van der Waals surface area contributed by atoms with Crippen LogP contribution in [0.3, 0.4) is 0 Å². The van der Waals surface area contributed by atoms with Crippen LogP contribution in [0, 0.1) is 6.92 Å². The summed E-state index contributed by atoms with van der Waals surface area (Å²) < 4.78 is 7.98. The molecular formula is C17H15N3OS2. The van der Waals surface area contributed by atoms with Crippen molar-refractivity contribution in [3.63, 3.8) is 0 Å². The number of nitrogens with zero attached hydrogens (tertiary/aromatic N) is 2. The average molecular weight is 341 g/mol. The molecule has 6 heteroatoms. The lowest BCUT2D eigenvalue weighted by atomic mass is 10.3. The number of ether oxygens (including phenoxy) is 1. The second-order valence-corrected chi connectivity index (χ2v) is 7.33. The van der Waals surface area contributed by atoms with Gasteiger partial charge in [0.25, 0.3) is 0 Å². The van der Waals surface area contributed by atoms with Gasteiger partial charge in [-0.15, -0.1) is 11.3 Å². The topological polar surface area (TPSA) is 47.0 Å². The van der Waals surface area contributed by atoms with E-state index in [-0.39, 0.29) is 0 Å². The van der Waals surface area contributed by atoms with Crippen LogP contribution in [-0.2, 0) is 0 Å². The Bertz CT molecular complexity index is 990. The van der Waals surface area contributed by atoms with Gasteiger partial charge in [-0.25, -0.2) is 9.97 Å². The first kappa shape index (κ1) is 14.4. The average Bonchev–Trinajstić information content (AvgIpc) is 3.11. The number of para-hydroxylation sites is 2. The van der Waals surface area contributed by atoms with E-state index in [0.717, 1.165) is 37.3 Å². The quantitative estimate of drug-likeness (QED) is 0.543. The maximum atomic E-state index is 5.66. The zero-order valence-corrected chi connectivity index (χ0v) is 14.4. The molecule has 116 valence electrons. The van der Waals surface area contributed by atoms with Crippen molar-refractivity contribution in [2.75, 3.05) is 11.9 Å². The highest BCUT2D eigenvalue weighted by Crippen LogP contribution is 2.36. The summed E-state index contributed by atoms with van der Waals surface area (Å²) in [6.45, 7) is 4.65. The Hall–Kier alpha value is -2.18. The fraction of sp³-hybridized carbons (Fsp3) is 0.176. The van der Waals surface area contributed by atoms with Crippen molar-refractivity contribution < 1.29 is 4.74 Å². The number of thiazole rings is 2. The smallest absolute Gasteiger partial charge is 0.188 e. The molecule has 0 saturated carbocycles. The van der Waals surface area contributed by atoms with E-state index in [2.05, 4.69) is 22.4 Å². The van der Waals surface area contributed by atoms with E-state index < -0.39 is 0 Å². The molecule has 0 saturated heterocycles. The molecule has 0 radical (unpaired) electrons. The molecule has 0 fully saturated rings. The van der Waals surface area contributed by atoms with Crippen molar-refractivity contribution in [2.45, 2.75) is 13.8 Å². The SMILES string of the molecule is CCOc1ccccc1Nc1nc2c(ccc3sc(C)nc32)s1. The van der Waals surface area contributed by atoms with Crippen LogP contribution < -0.4 is 10.1 Å². The maximum absolute atomic E-state index is 5.66. The van der Waals surface area contributed by atoms with Crippen molar-refractivity contribution in [3.8, 4) is 5.75 Å². The highest BCUT2D eigenvalue weighted by atomic mass is 32.1. The lowest BCUT2D eigenvalue weighted by Gasteiger charge is -2.09. The van der Waals surface area contributed by atoms with Crippen molar-refractivity contribution >= 4 is 53.9 Å². The number of benzene rings is 2. The van der Waals surface area contributed by atoms with E-state index in [9.17, 15) is 0 Å². The Balaban J connectivity index is 1.76. The zero-order chi connectivity index (χ0) is 15.8. The molecular weight excluding hydrogens is 326 g/mol. The molecule has 4 nitrogen and oxygen atoms in total.